The summed E-state index contributed by atoms with van der Waals surface area (Å²) in [6.07, 6.45) is 11.4. The summed E-state index contributed by atoms with van der Waals surface area (Å²) in [5, 5.41) is 3.45. The Kier molecular flexibility index (Phi) is 11.5. The highest BCUT2D eigenvalue weighted by molar-refractivity contribution is 4.66. The maximum absolute atomic E-state index is 3.75. The van der Waals surface area contributed by atoms with E-state index in [1.165, 1.54) is 51.5 Å². The van der Waals surface area contributed by atoms with E-state index in [9.17, 15) is 0 Å². The molecule has 1 atom stereocenters. The van der Waals surface area contributed by atoms with Gasteiger partial charge in [0.05, 0.1) is 0 Å². The van der Waals surface area contributed by atoms with Gasteiger partial charge in [-0.2, -0.15) is 0 Å². The molecule has 0 aliphatic heterocycles. The fourth-order valence-electron chi connectivity index (χ4n) is 1.87. The molecular formula is C14H29N. The normalized spacial score (nSPS) is 12.7. The van der Waals surface area contributed by atoms with Crippen molar-refractivity contribution in [2.75, 3.05) is 13.1 Å². The van der Waals surface area contributed by atoms with Crippen LogP contribution in [-0.2, 0) is 0 Å². The Bertz CT molecular complexity index is 131. The second-order valence-electron chi connectivity index (χ2n) is 4.36. The van der Waals surface area contributed by atoms with Crippen LogP contribution in [0.4, 0.5) is 0 Å². The predicted octanol–water partition coefficient (Wildman–Crippen LogP) is 4.15. The molecule has 0 bridgehead atoms. The van der Waals surface area contributed by atoms with Gasteiger partial charge in [0, 0.05) is 0 Å². The first-order valence-electron chi connectivity index (χ1n) is 6.66. The van der Waals surface area contributed by atoms with Crippen LogP contribution in [0, 0.1) is 5.92 Å². The van der Waals surface area contributed by atoms with Crippen LogP contribution in [0.2, 0.25) is 0 Å². The summed E-state index contributed by atoms with van der Waals surface area (Å²) in [5.74, 6) is 0.893. The minimum absolute atomic E-state index is 0.893. The van der Waals surface area contributed by atoms with Gasteiger partial charge in [-0.15, -0.1) is 6.58 Å². The number of hydrogen-bond donors (Lipinski definition) is 1. The van der Waals surface area contributed by atoms with E-state index in [4.69, 9.17) is 0 Å². The van der Waals surface area contributed by atoms with Gasteiger partial charge in [0.25, 0.3) is 0 Å². The molecule has 0 amide bonds. The molecule has 1 unspecified atom stereocenters. The number of rotatable bonds is 11. The van der Waals surface area contributed by atoms with Crippen molar-refractivity contribution in [2.24, 2.45) is 5.92 Å². The Morgan fingerprint density at radius 3 is 2.47 bits per heavy atom. The number of nitrogens with one attached hydrogen (secondary N) is 1. The highest BCUT2D eigenvalue weighted by Gasteiger charge is 2.04. The lowest BCUT2D eigenvalue weighted by Gasteiger charge is -2.14. The van der Waals surface area contributed by atoms with Gasteiger partial charge in [-0.05, 0) is 38.3 Å². The Morgan fingerprint density at radius 1 is 1.13 bits per heavy atom. The van der Waals surface area contributed by atoms with Gasteiger partial charge in [0.15, 0.2) is 0 Å². The summed E-state index contributed by atoms with van der Waals surface area (Å²) in [6.45, 7) is 10.5. The minimum atomic E-state index is 0.893. The van der Waals surface area contributed by atoms with Gasteiger partial charge in [0.1, 0.15) is 0 Å². The third-order valence-electron chi connectivity index (χ3n) is 3.03. The van der Waals surface area contributed by atoms with Crippen molar-refractivity contribution in [1.29, 1.82) is 0 Å². The van der Waals surface area contributed by atoms with Crippen molar-refractivity contribution in [2.45, 2.75) is 58.8 Å². The lowest BCUT2D eigenvalue weighted by Crippen LogP contribution is -2.22. The summed E-state index contributed by atoms with van der Waals surface area (Å²) in [6, 6.07) is 0. The zero-order valence-electron chi connectivity index (χ0n) is 10.7. The third-order valence-corrected chi connectivity index (χ3v) is 3.03. The van der Waals surface area contributed by atoms with Gasteiger partial charge in [-0.3, -0.25) is 0 Å². The van der Waals surface area contributed by atoms with Crippen LogP contribution in [-0.4, -0.2) is 13.1 Å². The van der Waals surface area contributed by atoms with Crippen LogP contribution in [0.1, 0.15) is 58.8 Å². The van der Waals surface area contributed by atoms with Gasteiger partial charge in [-0.1, -0.05) is 45.6 Å². The van der Waals surface area contributed by atoms with E-state index in [0.29, 0.717) is 0 Å². The van der Waals surface area contributed by atoms with Crippen LogP contribution < -0.4 is 5.32 Å². The molecule has 0 saturated heterocycles. The fraction of sp³-hybridized carbons (Fsp3) is 0.857. The van der Waals surface area contributed by atoms with Gasteiger partial charge in [-0.25, -0.2) is 0 Å². The third kappa shape index (κ3) is 9.99. The molecule has 1 nitrogen and oxygen atoms in total. The Labute approximate surface area is 96.3 Å². The van der Waals surface area contributed by atoms with Crippen molar-refractivity contribution in [1.82, 2.24) is 5.32 Å². The molecule has 1 heteroatoms. The lowest BCUT2D eigenvalue weighted by molar-refractivity contribution is 0.416. The Hall–Kier alpha value is -0.300. The van der Waals surface area contributed by atoms with Crippen LogP contribution >= 0.6 is 0 Å². The Balaban J connectivity index is 3.25. The van der Waals surface area contributed by atoms with E-state index in [-0.39, 0.29) is 0 Å². The molecule has 0 radical (unpaired) electrons. The summed E-state index contributed by atoms with van der Waals surface area (Å²) < 4.78 is 0. The van der Waals surface area contributed by atoms with Gasteiger partial charge < -0.3 is 5.32 Å². The highest BCUT2D eigenvalue weighted by Crippen LogP contribution is 2.14. The maximum atomic E-state index is 3.75. The fourth-order valence-corrected chi connectivity index (χ4v) is 1.87. The van der Waals surface area contributed by atoms with Crippen LogP contribution in [0.25, 0.3) is 0 Å². The molecule has 0 rings (SSSR count). The first kappa shape index (κ1) is 14.7. The highest BCUT2D eigenvalue weighted by atomic mass is 14.8. The quantitative estimate of drug-likeness (QED) is 0.400. The zero-order chi connectivity index (χ0) is 11.4. The van der Waals surface area contributed by atoms with Crippen molar-refractivity contribution in [3.05, 3.63) is 12.7 Å². The second-order valence-corrected chi connectivity index (χ2v) is 4.36. The molecule has 0 spiro atoms. The number of hydrogen-bond acceptors (Lipinski definition) is 1. The van der Waals surface area contributed by atoms with Crippen molar-refractivity contribution in [3.63, 3.8) is 0 Å². The average Bonchev–Trinajstić information content (AvgIpc) is 2.27. The summed E-state index contributed by atoms with van der Waals surface area (Å²) in [5.41, 5.74) is 0. The smallest absolute Gasteiger partial charge is 0.00207 e. The summed E-state index contributed by atoms with van der Waals surface area (Å²) in [7, 11) is 0. The summed E-state index contributed by atoms with van der Waals surface area (Å²) in [4.78, 5) is 0. The van der Waals surface area contributed by atoms with E-state index in [1.807, 2.05) is 6.08 Å². The molecule has 0 aromatic carbocycles. The topological polar surface area (TPSA) is 12.0 Å². The molecule has 0 saturated carbocycles. The number of unbranched alkanes of at least 4 members (excludes halogenated alkanes) is 4. The lowest BCUT2D eigenvalue weighted by atomic mass is 9.98. The van der Waals surface area contributed by atoms with Crippen molar-refractivity contribution < 1.29 is 0 Å². The molecule has 1 N–H and O–H groups in total. The first-order valence-corrected chi connectivity index (χ1v) is 6.66. The maximum Gasteiger partial charge on any atom is -0.00207 e. The molecule has 0 fully saturated rings. The summed E-state index contributed by atoms with van der Waals surface area (Å²) >= 11 is 0. The second kappa shape index (κ2) is 11.8. The van der Waals surface area contributed by atoms with E-state index in [2.05, 4.69) is 25.7 Å². The Morgan fingerprint density at radius 2 is 1.87 bits per heavy atom. The molecule has 15 heavy (non-hydrogen) atoms. The number of allylic oxidation sites excluding steroid dienone is 1. The molecule has 0 aliphatic rings. The van der Waals surface area contributed by atoms with Crippen molar-refractivity contribution >= 4 is 0 Å². The molecular weight excluding hydrogens is 182 g/mol. The van der Waals surface area contributed by atoms with Crippen molar-refractivity contribution in [3.8, 4) is 0 Å². The average molecular weight is 211 g/mol. The van der Waals surface area contributed by atoms with Crippen LogP contribution in [0.15, 0.2) is 12.7 Å². The van der Waals surface area contributed by atoms with E-state index < -0.39 is 0 Å². The van der Waals surface area contributed by atoms with E-state index in [1.54, 1.807) is 0 Å². The monoisotopic (exact) mass is 211 g/mol. The SMILES string of the molecule is C=CCCCCCCC(CC)CNCC. The molecule has 0 heterocycles. The van der Waals surface area contributed by atoms with E-state index in [0.717, 1.165) is 12.5 Å². The van der Waals surface area contributed by atoms with E-state index >= 15 is 0 Å². The van der Waals surface area contributed by atoms with Gasteiger partial charge >= 0.3 is 0 Å². The standard InChI is InChI=1S/C14H29N/c1-4-7-8-9-10-11-12-14(5-2)13-15-6-3/h4,14-15H,1,5-13H2,2-3H3. The zero-order valence-corrected chi connectivity index (χ0v) is 10.7. The minimum Gasteiger partial charge on any atom is -0.317 e. The molecule has 0 aromatic rings. The molecule has 0 aliphatic carbocycles. The first-order chi connectivity index (χ1) is 7.35. The van der Waals surface area contributed by atoms with Crippen LogP contribution in [0.5, 0.6) is 0 Å². The van der Waals surface area contributed by atoms with Crippen LogP contribution in [0.3, 0.4) is 0 Å². The molecule has 90 valence electrons. The largest absolute Gasteiger partial charge is 0.317 e. The molecule has 0 aromatic heterocycles. The van der Waals surface area contributed by atoms with Gasteiger partial charge in [0.2, 0.25) is 0 Å². The predicted molar refractivity (Wildman–Crippen MR) is 70.2 cm³/mol.